The van der Waals surface area contributed by atoms with Crippen molar-refractivity contribution in [1.29, 1.82) is 0 Å². The highest BCUT2D eigenvalue weighted by molar-refractivity contribution is 5.95. The lowest BCUT2D eigenvalue weighted by Crippen LogP contribution is -2.40. The number of carbonyl (C=O) groups is 1. The number of aryl methyl sites for hydroxylation is 3. The molecule has 7 nitrogen and oxygen atoms in total. The third-order valence-corrected chi connectivity index (χ3v) is 5.16. The number of nitrogens with one attached hydrogen (secondary N) is 1. The molecule has 29 heavy (non-hydrogen) atoms. The number of carbonyl (C=O) groups excluding carboxylic acids is 1. The van der Waals surface area contributed by atoms with Crippen LogP contribution in [0.25, 0.3) is 17.0 Å². The standard InChI is InChI=1S/C22H24N6O/c1-4-17-5-9-27(10-6-17)12-8-23-22(29)18-7-11-28-19(15-24-20(28)13-18)21-16(2)14-25-26(21)3/h5-7,9-11,13-15H,4,8,12H2,1-3H3/p+1. The smallest absolute Gasteiger partial charge is 0.251 e. The number of nitrogens with zero attached hydrogens (tertiary/aromatic N) is 5. The maximum absolute atomic E-state index is 12.6. The molecular formula is C22H25N6O+. The summed E-state index contributed by atoms with van der Waals surface area (Å²) in [5.41, 5.74) is 5.69. The molecule has 0 saturated carbocycles. The maximum Gasteiger partial charge on any atom is 0.251 e. The first-order valence-corrected chi connectivity index (χ1v) is 9.79. The van der Waals surface area contributed by atoms with E-state index in [9.17, 15) is 4.79 Å². The van der Waals surface area contributed by atoms with Crippen LogP contribution in [-0.4, -0.2) is 31.6 Å². The first-order chi connectivity index (χ1) is 14.1. The van der Waals surface area contributed by atoms with Crippen LogP contribution in [0.4, 0.5) is 0 Å². The van der Waals surface area contributed by atoms with Crippen molar-refractivity contribution in [2.75, 3.05) is 6.54 Å². The Morgan fingerprint density at radius 2 is 2.00 bits per heavy atom. The van der Waals surface area contributed by atoms with Crippen LogP contribution < -0.4 is 9.88 Å². The zero-order chi connectivity index (χ0) is 20.4. The number of hydrogen-bond acceptors (Lipinski definition) is 3. The van der Waals surface area contributed by atoms with Gasteiger partial charge in [-0.25, -0.2) is 9.55 Å². The van der Waals surface area contributed by atoms with Crippen LogP contribution in [0.3, 0.4) is 0 Å². The van der Waals surface area contributed by atoms with E-state index in [-0.39, 0.29) is 5.91 Å². The van der Waals surface area contributed by atoms with Gasteiger partial charge in [-0.15, -0.1) is 0 Å². The molecule has 4 heterocycles. The molecule has 4 aromatic heterocycles. The molecule has 0 bridgehead atoms. The Kier molecular flexibility index (Phi) is 5.12. The van der Waals surface area contributed by atoms with Crippen molar-refractivity contribution in [1.82, 2.24) is 24.5 Å². The van der Waals surface area contributed by atoms with E-state index in [1.807, 2.05) is 66.2 Å². The largest absolute Gasteiger partial charge is 0.346 e. The molecule has 148 valence electrons. The Balaban J connectivity index is 1.46. The summed E-state index contributed by atoms with van der Waals surface area (Å²) in [6.45, 7) is 5.45. The summed E-state index contributed by atoms with van der Waals surface area (Å²) >= 11 is 0. The van der Waals surface area contributed by atoms with Crippen LogP contribution in [-0.2, 0) is 20.0 Å². The van der Waals surface area contributed by atoms with Crippen molar-refractivity contribution in [3.05, 3.63) is 71.9 Å². The van der Waals surface area contributed by atoms with Crippen LogP contribution >= 0.6 is 0 Å². The summed E-state index contributed by atoms with van der Waals surface area (Å²) in [5.74, 6) is -0.0976. The summed E-state index contributed by atoms with van der Waals surface area (Å²) < 4.78 is 5.88. The van der Waals surface area contributed by atoms with Crippen molar-refractivity contribution in [2.45, 2.75) is 26.8 Å². The van der Waals surface area contributed by atoms with Crippen molar-refractivity contribution >= 4 is 11.6 Å². The van der Waals surface area contributed by atoms with Crippen molar-refractivity contribution < 1.29 is 9.36 Å². The number of rotatable bonds is 6. The Morgan fingerprint density at radius 3 is 2.69 bits per heavy atom. The van der Waals surface area contributed by atoms with Gasteiger partial charge in [-0.2, -0.15) is 5.10 Å². The summed E-state index contributed by atoms with van der Waals surface area (Å²) in [7, 11) is 1.91. The molecule has 0 aliphatic rings. The zero-order valence-electron chi connectivity index (χ0n) is 17.0. The van der Waals surface area contributed by atoms with Crippen molar-refractivity contribution in [3.8, 4) is 11.4 Å². The van der Waals surface area contributed by atoms with E-state index in [2.05, 4.69) is 39.0 Å². The molecule has 1 amide bonds. The molecule has 0 fully saturated rings. The number of amides is 1. The topological polar surface area (TPSA) is 68.1 Å². The van der Waals surface area contributed by atoms with E-state index in [1.165, 1.54) is 5.56 Å². The highest BCUT2D eigenvalue weighted by Gasteiger charge is 2.14. The lowest BCUT2D eigenvalue weighted by Gasteiger charge is -2.06. The average molecular weight is 389 g/mol. The van der Waals surface area contributed by atoms with E-state index in [0.29, 0.717) is 12.1 Å². The average Bonchev–Trinajstić information content (AvgIpc) is 3.30. The van der Waals surface area contributed by atoms with Crippen molar-refractivity contribution in [3.63, 3.8) is 0 Å². The number of fused-ring (bicyclic) bond motifs is 1. The maximum atomic E-state index is 12.6. The van der Waals surface area contributed by atoms with Gasteiger partial charge >= 0.3 is 0 Å². The number of pyridine rings is 2. The number of aromatic nitrogens is 5. The second-order valence-corrected chi connectivity index (χ2v) is 7.14. The van der Waals surface area contributed by atoms with E-state index in [1.54, 1.807) is 0 Å². The Labute approximate surface area is 169 Å². The predicted octanol–water partition coefficient (Wildman–Crippen LogP) is 2.32. The molecule has 0 unspecified atom stereocenters. The fraction of sp³-hybridized carbons (Fsp3) is 0.273. The molecule has 0 aromatic carbocycles. The van der Waals surface area contributed by atoms with Crippen molar-refractivity contribution in [2.24, 2.45) is 7.05 Å². The molecule has 1 N–H and O–H groups in total. The minimum atomic E-state index is -0.0976. The SMILES string of the molecule is CCc1cc[n+](CCNC(=O)c2ccn3c(-c4c(C)cnn4C)cnc3c2)cc1. The van der Waals surface area contributed by atoms with Crippen LogP contribution in [0.15, 0.2) is 55.2 Å². The zero-order valence-corrected chi connectivity index (χ0v) is 17.0. The van der Waals surface area contributed by atoms with Gasteiger partial charge in [0.2, 0.25) is 0 Å². The number of hydrogen-bond donors (Lipinski definition) is 1. The molecule has 4 aromatic rings. The summed E-state index contributed by atoms with van der Waals surface area (Å²) in [6, 6.07) is 7.85. The Morgan fingerprint density at radius 1 is 1.21 bits per heavy atom. The molecule has 0 saturated heterocycles. The Bertz CT molecular complexity index is 1140. The van der Waals surface area contributed by atoms with Crippen LogP contribution in [0.5, 0.6) is 0 Å². The second kappa shape index (κ2) is 7.87. The minimum Gasteiger partial charge on any atom is -0.346 e. The van der Waals surface area contributed by atoms with Gasteiger partial charge in [0.1, 0.15) is 5.65 Å². The predicted molar refractivity (Wildman–Crippen MR) is 110 cm³/mol. The molecule has 0 aliphatic carbocycles. The molecule has 0 atom stereocenters. The van der Waals surface area contributed by atoms with E-state index in [4.69, 9.17) is 0 Å². The molecule has 4 rings (SSSR count). The van der Waals surface area contributed by atoms with E-state index in [0.717, 1.165) is 35.6 Å². The third kappa shape index (κ3) is 3.76. The van der Waals surface area contributed by atoms with Gasteiger partial charge in [-0.3, -0.25) is 13.9 Å². The second-order valence-electron chi connectivity index (χ2n) is 7.14. The highest BCUT2D eigenvalue weighted by Crippen LogP contribution is 2.23. The molecule has 0 radical (unpaired) electrons. The van der Waals surface area contributed by atoms with Gasteiger partial charge in [0.15, 0.2) is 18.9 Å². The molecular weight excluding hydrogens is 364 g/mol. The van der Waals surface area contributed by atoms with Crippen LogP contribution in [0.2, 0.25) is 0 Å². The lowest BCUT2D eigenvalue weighted by atomic mass is 10.2. The van der Waals surface area contributed by atoms with Crippen LogP contribution in [0, 0.1) is 6.92 Å². The number of imidazole rings is 1. The summed E-state index contributed by atoms with van der Waals surface area (Å²) in [6.07, 6.45) is 10.7. The van der Waals surface area contributed by atoms with E-state index < -0.39 is 0 Å². The Hall–Kier alpha value is -3.48. The first-order valence-electron chi connectivity index (χ1n) is 9.79. The molecule has 7 heteroatoms. The highest BCUT2D eigenvalue weighted by atomic mass is 16.1. The third-order valence-electron chi connectivity index (χ3n) is 5.16. The fourth-order valence-corrected chi connectivity index (χ4v) is 3.49. The normalized spacial score (nSPS) is 11.1. The summed E-state index contributed by atoms with van der Waals surface area (Å²) in [5, 5.41) is 7.28. The summed E-state index contributed by atoms with van der Waals surface area (Å²) in [4.78, 5) is 17.0. The quantitative estimate of drug-likeness (QED) is 0.515. The fourth-order valence-electron chi connectivity index (χ4n) is 3.49. The lowest BCUT2D eigenvalue weighted by molar-refractivity contribution is -0.694. The molecule has 0 spiro atoms. The van der Waals surface area contributed by atoms with Gasteiger partial charge in [-0.05, 0) is 36.6 Å². The first kappa shape index (κ1) is 18.9. The van der Waals surface area contributed by atoms with Gasteiger partial charge in [-0.1, -0.05) is 6.92 Å². The monoisotopic (exact) mass is 389 g/mol. The van der Waals surface area contributed by atoms with Crippen LogP contribution in [0.1, 0.15) is 28.4 Å². The van der Waals surface area contributed by atoms with E-state index >= 15 is 0 Å². The van der Waals surface area contributed by atoms with Gasteiger partial charge < -0.3 is 5.32 Å². The van der Waals surface area contributed by atoms with Gasteiger partial charge in [0, 0.05) is 30.9 Å². The van der Waals surface area contributed by atoms with Gasteiger partial charge in [0.25, 0.3) is 5.91 Å². The minimum absolute atomic E-state index is 0.0976. The van der Waals surface area contributed by atoms with Gasteiger partial charge in [0.05, 0.1) is 30.3 Å². The molecule has 0 aliphatic heterocycles.